The van der Waals surface area contributed by atoms with Gasteiger partial charge in [-0.3, -0.25) is 0 Å². The maximum atomic E-state index is 4.87. The van der Waals surface area contributed by atoms with Crippen LogP contribution in [0.5, 0.6) is 0 Å². The Kier molecular flexibility index (Phi) is 6.27. The molecule has 0 atom stereocenters. The van der Waals surface area contributed by atoms with Crippen molar-refractivity contribution in [3.63, 3.8) is 0 Å². The molecule has 1 saturated carbocycles. The van der Waals surface area contributed by atoms with E-state index in [1.807, 2.05) is 0 Å². The van der Waals surface area contributed by atoms with Crippen LogP contribution < -0.4 is 4.40 Å². The molecule has 0 radical (unpaired) electrons. The number of pyridine rings is 1. The molecule has 0 unspecified atom stereocenters. The minimum atomic E-state index is -1.89. The second kappa shape index (κ2) is 8.29. The normalized spacial score (nSPS) is 16.2. The predicted octanol–water partition coefficient (Wildman–Crippen LogP) is 6.54. The molecule has 3 rings (SSSR count). The first-order valence-electron chi connectivity index (χ1n) is 10.4. The van der Waals surface area contributed by atoms with Gasteiger partial charge >= 0.3 is 163 Å². The van der Waals surface area contributed by atoms with Gasteiger partial charge in [0.2, 0.25) is 0 Å². The third kappa shape index (κ3) is 4.79. The van der Waals surface area contributed by atoms with E-state index < -0.39 is 13.3 Å². The summed E-state index contributed by atoms with van der Waals surface area (Å²) in [6, 6.07) is 11.7. The molecule has 2 heteroatoms. The topological polar surface area (TPSA) is 12.9 Å². The van der Waals surface area contributed by atoms with Crippen molar-refractivity contribution in [3.8, 4) is 11.3 Å². The van der Waals surface area contributed by atoms with E-state index in [4.69, 9.17) is 4.98 Å². The van der Waals surface area contributed by atoms with Gasteiger partial charge < -0.3 is 0 Å². The Morgan fingerprint density at radius 3 is 2.23 bits per heavy atom. The average Bonchev–Trinajstić information content (AvgIpc) is 2.61. The van der Waals surface area contributed by atoms with Crippen molar-refractivity contribution in [2.45, 2.75) is 75.6 Å². The first-order valence-corrected chi connectivity index (χ1v) is 17.8. The van der Waals surface area contributed by atoms with E-state index in [2.05, 4.69) is 67.6 Å². The van der Waals surface area contributed by atoms with E-state index in [0.29, 0.717) is 5.92 Å². The molecule has 0 N–H and O–H groups in total. The summed E-state index contributed by atoms with van der Waals surface area (Å²) < 4.78 is 1.57. The Morgan fingerprint density at radius 2 is 1.65 bits per heavy atom. The molecule has 140 valence electrons. The van der Waals surface area contributed by atoms with Gasteiger partial charge in [0.15, 0.2) is 0 Å². The van der Waals surface area contributed by atoms with Gasteiger partial charge in [-0.1, -0.05) is 0 Å². The summed E-state index contributed by atoms with van der Waals surface area (Å²) in [6.07, 6.45) is 10.3. The molecule has 1 aromatic carbocycles. The molecule has 0 saturated heterocycles. The first-order chi connectivity index (χ1) is 12.3. The van der Waals surface area contributed by atoms with Gasteiger partial charge in [-0.2, -0.15) is 0 Å². The van der Waals surface area contributed by atoms with Crippen molar-refractivity contribution in [1.82, 2.24) is 4.98 Å². The number of hydrogen-bond donors (Lipinski definition) is 0. The zero-order valence-corrected chi connectivity index (χ0v) is 19.4. The average molecular weight is 410 g/mol. The number of nitrogens with zero attached hydrogens (tertiary/aromatic N) is 1. The molecule has 0 bridgehead atoms. The molecule has 1 aromatic heterocycles. The summed E-state index contributed by atoms with van der Waals surface area (Å²) in [5.41, 5.74) is 5.47. The molecule has 1 aliphatic rings. The third-order valence-electron chi connectivity index (χ3n) is 5.71. The van der Waals surface area contributed by atoms with E-state index in [-0.39, 0.29) is 0 Å². The van der Waals surface area contributed by atoms with Crippen LogP contribution in [0.25, 0.3) is 11.3 Å². The Balaban J connectivity index is 1.88. The molecule has 0 amide bonds. The summed E-state index contributed by atoms with van der Waals surface area (Å²) >= 11 is -1.89. The molecular weight excluding hydrogens is 375 g/mol. The number of rotatable bonds is 5. The molecule has 0 spiro atoms. The van der Waals surface area contributed by atoms with E-state index >= 15 is 0 Å². The Labute approximate surface area is 163 Å². The van der Waals surface area contributed by atoms with Crippen molar-refractivity contribution in [3.05, 3.63) is 47.7 Å². The molecule has 26 heavy (non-hydrogen) atoms. The van der Waals surface area contributed by atoms with Crippen LogP contribution in [0.2, 0.25) is 17.3 Å². The molecular formula is C24H35GeN. The fourth-order valence-corrected chi connectivity index (χ4v) is 7.64. The predicted molar refractivity (Wildman–Crippen MR) is 117 cm³/mol. The minimum absolute atomic E-state index is 0.683. The van der Waals surface area contributed by atoms with Crippen LogP contribution >= 0.6 is 0 Å². The standard InChI is InChI=1S/C24H35GeN/c1-18(2)15-22-16-24(26-17-23(22)25(3,4)5)21-13-11-20(12-14-21)19-9-7-6-8-10-19/h11-14,16-19H,6-10,15H2,1-5H3. The quantitative estimate of drug-likeness (QED) is 0.510. The van der Waals surface area contributed by atoms with E-state index in [1.54, 1.807) is 4.40 Å². The fourth-order valence-electron chi connectivity index (χ4n) is 4.30. The SMILES string of the molecule is CC(C)Cc1cc(-c2ccc(C3CCCCC3)cc2)nc[c]1[Ge]([CH3])([CH3])[CH3]. The first kappa shape index (κ1) is 19.7. The Morgan fingerprint density at radius 1 is 1.00 bits per heavy atom. The van der Waals surface area contributed by atoms with Crippen molar-refractivity contribution < 1.29 is 0 Å². The molecule has 1 aliphatic carbocycles. The fraction of sp³-hybridized carbons (Fsp3) is 0.542. The monoisotopic (exact) mass is 411 g/mol. The third-order valence-corrected chi connectivity index (χ3v) is 10.0. The maximum absolute atomic E-state index is 4.87. The van der Waals surface area contributed by atoms with Gasteiger partial charge in [0, 0.05) is 0 Å². The number of benzene rings is 1. The second-order valence-electron chi connectivity index (χ2n) is 9.53. The van der Waals surface area contributed by atoms with Gasteiger partial charge in [-0.15, -0.1) is 0 Å². The molecule has 2 aromatic rings. The second-order valence-corrected chi connectivity index (χ2v) is 20.1. The van der Waals surface area contributed by atoms with Crippen LogP contribution in [-0.2, 0) is 6.42 Å². The number of hydrogen-bond acceptors (Lipinski definition) is 1. The Bertz CT molecular complexity index is 719. The van der Waals surface area contributed by atoms with E-state index in [9.17, 15) is 0 Å². The van der Waals surface area contributed by atoms with E-state index in [1.165, 1.54) is 48.8 Å². The van der Waals surface area contributed by atoms with E-state index in [0.717, 1.165) is 18.0 Å². The Hall–Kier alpha value is -1.09. The molecule has 1 fully saturated rings. The summed E-state index contributed by atoms with van der Waals surface area (Å²) in [5, 5.41) is 0. The van der Waals surface area contributed by atoms with Crippen molar-refractivity contribution in [2.75, 3.05) is 0 Å². The van der Waals surface area contributed by atoms with Crippen molar-refractivity contribution in [1.29, 1.82) is 0 Å². The molecule has 1 nitrogen and oxygen atoms in total. The van der Waals surface area contributed by atoms with Crippen LogP contribution in [0.15, 0.2) is 36.5 Å². The van der Waals surface area contributed by atoms with Crippen LogP contribution in [0, 0.1) is 5.92 Å². The van der Waals surface area contributed by atoms with Crippen LogP contribution in [0.4, 0.5) is 0 Å². The van der Waals surface area contributed by atoms with Gasteiger partial charge in [0.1, 0.15) is 0 Å². The zero-order chi connectivity index (χ0) is 18.7. The van der Waals surface area contributed by atoms with Gasteiger partial charge in [0.05, 0.1) is 0 Å². The summed E-state index contributed by atoms with van der Waals surface area (Å²) in [7, 11) is 0. The van der Waals surface area contributed by atoms with Crippen LogP contribution in [0.1, 0.15) is 63.0 Å². The van der Waals surface area contributed by atoms with Crippen molar-refractivity contribution in [2.24, 2.45) is 5.92 Å². The van der Waals surface area contributed by atoms with Crippen molar-refractivity contribution >= 4 is 17.7 Å². The zero-order valence-electron chi connectivity index (χ0n) is 17.3. The number of aromatic nitrogens is 1. The van der Waals surface area contributed by atoms with Gasteiger partial charge in [-0.25, -0.2) is 0 Å². The summed E-state index contributed by atoms with van der Waals surface area (Å²) in [6.45, 7) is 4.64. The van der Waals surface area contributed by atoms with Crippen LogP contribution in [0.3, 0.4) is 0 Å². The van der Waals surface area contributed by atoms with Gasteiger partial charge in [-0.05, 0) is 0 Å². The molecule has 1 heterocycles. The van der Waals surface area contributed by atoms with Crippen LogP contribution in [-0.4, -0.2) is 18.3 Å². The van der Waals surface area contributed by atoms with Gasteiger partial charge in [0.25, 0.3) is 0 Å². The molecule has 0 aliphatic heterocycles. The summed E-state index contributed by atoms with van der Waals surface area (Å²) in [5.74, 6) is 8.87. The summed E-state index contributed by atoms with van der Waals surface area (Å²) in [4.78, 5) is 4.87.